The van der Waals surface area contributed by atoms with E-state index in [1.165, 1.54) is 11.8 Å². The summed E-state index contributed by atoms with van der Waals surface area (Å²) in [5.41, 5.74) is 2.67. The molecule has 0 radical (unpaired) electrons. The molecular formula is C20H20N2O3S2. The lowest BCUT2D eigenvalue weighted by atomic mass is 10.2. The molecule has 0 saturated carbocycles. The molecule has 1 heterocycles. The van der Waals surface area contributed by atoms with E-state index in [9.17, 15) is 4.79 Å². The highest BCUT2D eigenvalue weighted by molar-refractivity contribution is 8.27. The number of thioether (sulfide) groups is 1. The fourth-order valence-corrected chi connectivity index (χ4v) is 3.98. The zero-order chi connectivity index (χ0) is 19.6. The molecule has 2 aromatic rings. The second-order valence-electron chi connectivity index (χ2n) is 6.04. The Morgan fingerprint density at radius 2 is 1.70 bits per heavy atom. The molecule has 0 bridgehead atoms. The lowest BCUT2D eigenvalue weighted by Crippen LogP contribution is -2.27. The number of hydrogen-bond donors (Lipinski definition) is 0. The number of thiocarbonyl (C=S) groups is 1. The summed E-state index contributed by atoms with van der Waals surface area (Å²) in [4.78, 5) is 17.0. The van der Waals surface area contributed by atoms with E-state index < -0.39 is 0 Å². The van der Waals surface area contributed by atoms with Crippen LogP contribution >= 0.6 is 24.0 Å². The number of methoxy groups -OCH3 is 2. The van der Waals surface area contributed by atoms with Crippen molar-refractivity contribution in [2.75, 3.05) is 38.1 Å². The molecule has 140 valence electrons. The van der Waals surface area contributed by atoms with Gasteiger partial charge < -0.3 is 14.4 Å². The molecule has 0 atom stereocenters. The van der Waals surface area contributed by atoms with Gasteiger partial charge in [0.05, 0.1) is 24.8 Å². The summed E-state index contributed by atoms with van der Waals surface area (Å²) in [6, 6.07) is 13.2. The first kappa shape index (κ1) is 19.3. The van der Waals surface area contributed by atoms with Gasteiger partial charge in [0.25, 0.3) is 5.91 Å². The predicted octanol–water partition coefficient (Wildman–Crippen LogP) is 4.18. The number of amides is 1. The number of benzene rings is 2. The third-order valence-electron chi connectivity index (χ3n) is 4.12. The zero-order valence-electron chi connectivity index (χ0n) is 15.6. The zero-order valence-corrected chi connectivity index (χ0v) is 17.2. The monoisotopic (exact) mass is 400 g/mol. The molecule has 0 unspecified atom stereocenters. The lowest BCUT2D eigenvalue weighted by Gasteiger charge is -2.17. The van der Waals surface area contributed by atoms with Crippen LogP contribution in [0.25, 0.3) is 6.08 Å². The minimum Gasteiger partial charge on any atom is -0.493 e. The van der Waals surface area contributed by atoms with Crippen molar-refractivity contribution >= 4 is 51.7 Å². The molecule has 0 aliphatic carbocycles. The average molecular weight is 401 g/mol. The molecular weight excluding hydrogens is 380 g/mol. The number of hydrogen-bond acceptors (Lipinski definition) is 6. The van der Waals surface area contributed by atoms with Crippen LogP contribution in [-0.4, -0.2) is 38.5 Å². The molecule has 0 aromatic heterocycles. The van der Waals surface area contributed by atoms with Crippen molar-refractivity contribution in [2.24, 2.45) is 0 Å². The van der Waals surface area contributed by atoms with E-state index in [-0.39, 0.29) is 5.91 Å². The first-order valence-corrected chi connectivity index (χ1v) is 9.44. The van der Waals surface area contributed by atoms with Gasteiger partial charge in [-0.05, 0) is 48.0 Å². The van der Waals surface area contributed by atoms with E-state index in [4.69, 9.17) is 21.7 Å². The van der Waals surface area contributed by atoms with Gasteiger partial charge in [-0.1, -0.05) is 30.0 Å². The topological polar surface area (TPSA) is 42.0 Å². The number of rotatable bonds is 5. The summed E-state index contributed by atoms with van der Waals surface area (Å²) in [5.74, 6) is 1.13. The van der Waals surface area contributed by atoms with E-state index in [0.717, 1.165) is 16.9 Å². The van der Waals surface area contributed by atoms with Crippen molar-refractivity contribution in [3.8, 4) is 11.5 Å². The van der Waals surface area contributed by atoms with Crippen molar-refractivity contribution in [1.82, 2.24) is 0 Å². The highest BCUT2D eigenvalue weighted by Gasteiger charge is 2.33. The Balaban J connectivity index is 1.88. The van der Waals surface area contributed by atoms with Crippen LogP contribution in [0.4, 0.5) is 11.4 Å². The normalized spacial score (nSPS) is 15.4. The highest BCUT2D eigenvalue weighted by Crippen LogP contribution is 2.37. The number of anilines is 2. The maximum absolute atomic E-state index is 12.9. The van der Waals surface area contributed by atoms with Gasteiger partial charge >= 0.3 is 0 Å². The van der Waals surface area contributed by atoms with Gasteiger partial charge in [0.2, 0.25) is 0 Å². The van der Waals surface area contributed by atoms with E-state index >= 15 is 0 Å². The van der Waals surface area contributed by atoms with Crippen LogP contribution in [-0.2, 0) is 4.79 Å². The quantitative estimate of drug-likeness (QED) is 0.554. The SMILES string of the molecule is COc1ccc(/C=C2/SC(=S)N(c3ccc(N(C)C)cc3)C2=O)cc1OC. The summed E-state index contributed by atoms with van der Waals surface area (Å²) in [6.45, 7) is 0. The lowest BCUT2D eigenvalue weighted by molar-refractivity contribution is -0.113. The van der Waals surface area contributed by atoms with Gasteiger partial charge in [-0.15, -0.1) is 0 Å². The Labute approximate surface area is 168 Å². The summed E-state index contributed by atoms with van der Waals surface area (Å²) in [7, 11) is 7.11. The molecule has 0 N–H and O–H groups in total. The largest absolute Gasteiger partial charge is 0.493 e. The third kappa shape index (κ3) is 3.94. The molecule has 1 amide bonds. The Bertz CT molecular complexity index is 908. The van der Waals surface area contributed by atoms with Crippen LogP contribution in [0, 0.1) is 0 Å². The summed E-state index contributed by atoms with van der Waals surface area (Å²) >= 11 is 6.73. The smallest absolute Gasteiger partial charge is 0.270 e. The van der Waals surface area contributed by atoms with Crippen LogP contribution in [0.5, 0.6) is 11.5 Å². The molecule has 0 spiro atoms. The maximum atomic E-state index is 12.9. The predicted molar refractivity (Wildman–Crippen MR) is 116 cm³/mol. The number of carbonyl (C=O) groups is 1. The molecule has 27 heavy (non-hydrogen) atoms. The van der Waals surface area contributed by atoms with E-state index in [2.05, 4.69) is 0 Å². The fraction of sp³-hybridized carbons (Fsp3) is 0.200. The number of ether oxygens (including phenoxy) is 2. The molecule has 1 fully saturated rings. The minimum absolute atomic E-state index is 0.127. The van der Waals surface area contributed by atoms with Crippen molar-refractivity contribution < 1.29 is 14.3 Å². The van der Waals surface area contributed by atoms with Gasteiger partial charge in [-0.25, -0.2) is 0 Å². The molecule has 7 heteroatoms. The molecule has 1 aliphatic rings. The molecule has 1 saturated heterocycles. The highest BCUT2D eigenvalue weighted by atomic mass is 32.2. The van der Waals surface area contributed by atoms with Crippen molar-refractivity contribution in [1.29, 1.82) is 0 Å². The maximum Gasteiger partial charge on any atom is 0.270 e. The van der Waals surface area contributed by atoms with Gasteiger partial charge in [0.15, 0.2) is 15.8 Å². The average Bonchev–Trinajstić information content (AvgIpc) is 2.94. The van der Waals surface area contributed by atoms with E-state index in [1.807, 2.05) is 67.5 Å². The van der Waals surface area contributed by atoms with Crippen LogP contribution in [0.15, 0.2) is 47.4 Å². The van der Waals surface area contributed by atoms with Gasteiger partial charge in [0.1, 0.15) is 0 Å². The van der Waals surface area contributed by atoms with Crippen LogP contribution in [0.3, 0.4) is 0 Å². The van der Waals surface area contributed by atoms with E-state index in [1.54, 1.807) is 19.1 Å². The Morgan fingerprint density at radius 1 is 1.04 bits per heavy atom. The number of nitrogens with zero attached hydrogens (tertiary/aromatic N) is 2. The summed E-state index contributed by atoms with van der Waals surface area (Å²) < 4.78 is 11.1. The second kappa shape index (κ2) is 8.02. The van der Waals surface area contributed by atoms with Crippen molar-refractivity contribution in [3.63, 3.8) is 0 Å². The third-order valence-corrected chi connectivity index (χ3v) is 5.43. The standard InChI is InChI=1S/C20H20N2O3S2/c1-21(2)14-6-8-15(9-7-14)22-19(23)18(27-20(22)26)12-13-5-10-16(24-3)17(11-13)25-4/h5-12H,1-4H3/b18-12+. The second-order valence-corrected chi connectivity index (χ2v) is 7.72. The summed E-state index contributed by atoms with van der Waals surface area (Å²) in [6.07, 6.45) is 1.81. The Kier molecular flexibility index (Phi) is 5.72. The van der Waals surface area contributed by atoms with Crippen molar-refractivity contribution in [2.45, 2.75) is 0 Å². The van der Waals surface area contributed by atoms with Gasteiger partial charge in [-0.2, -0.15) is 0 Å². The fourth-order valence-electron chi connectivity index (χ4n) is 2.68. The molecule has 5 nitrogen and oxygen atoms in total. The summed E-state index contributed by atoms with van der Waals surface area (Å²) in [5, 5.41) is 0. The Morgan fingerprint density at radius 3 is 2.30 bits per heavy atom. The van der Waals surface area contributed by atoms with Crippen LogP contribution in [0.1, 0.15) is 5.56 Å². The van der Waals surface area contributed by atoms with Crippen molar-refractivity contribution in [3.05, 3.63) is 52.9 Å². The van der Waals surface area contributed by atoms with Crippen LogP contribution in [0.2, 0.25) is 0 Å². The molecule has 2 aromatic carbocycles. The van der Waals surface area contributed by atoms with Gasteiger partial charge in [0, 0.05) is 19.8 Å². The Hall–Kier alpha value is -2.51. The van der Waals surface area contributed by atoms with E-state index in [0.29, 0.717) is 20.7 Å². The van der Waals surface area contributed by atoms with Crippen LogP contribution < -0.4 is 19.3 Å². The first-order chi connectivity index (χ1) is 12.9. The molecule has 3 rings (SSSR count). The number of carbonyl (C=O) groups excluding carboxylic acids is 1. The minimum atomic E-state index is -0.127. The first-order valence-electron chi connectivity index (χ1n) is 8.22. The van der Waals surface area contributed by atoms with Gasteiger partial charge in [-0.3, -0.25) is 9.69 Å². The molecule has 1 aliphatic heterocycles.